The Hall–Kier alpha value is -2.64. The summed E-state index contributed by atoms with van der Waals surface area (Å²) in [5.41, 5.74) is 4.39. The number of carbonyl (C=O) groups excluding carboxylic acids is 1. The van der Waals surface area contributed by atoms with E-state index in [1.54, 1.807) is 36.5 Å². The summed E-state index contributed by atoms with van der Waals surface area (Å²) in [6.07, 6.45) is 6.10. The standard InChI is InChI=1S/C23H24ClN3O3S/c1-23(2)17-11-10-16(19(23)13-17)14-25-26-22(28)15-6-5-7-18(12-15)31(29,30)27-21-9-4-3-8-20(21)24/h3-10,12,14,17,19,27H,11,13H2,1-2H3,(H,26,28)/t17-,19+/m0/s1. The quantitative estimate of drug-likeness (QED) is 0.480. The predicted octanol–water partition coefficient (Wildman–Crippen LogP) is 4.85. The van der Waals surface area contributed by atoms with Crippen LogP contribution in [0.2, 0.25) is 5.02 Å². The van der Waals surface area contributed by atoms with Crippen molar-refractivity contribution in [2.75, 3.05) is 4.72 Å². The van der Waals surface area contributed by atoms with Gasteiger partial charge < -0.3 is 0 Å². The molecule has 3 aliphatic rings. The van der Waals surface area contributed by atoms with Gasteiger partial charge >= 0.3 is 0 Å². The topological polar surface area (TPSA) is 87.6 Å². The van der Waals surface area contributed by atoms with Crippen molar-refractivity contribution < 1.29 is 13.2 Å². The first-order valence-electron chi connectivity index (χ1n) is 10.1. The van der Waals surface area contributed by atoms with Gasteiger partial charge in [0.25, 0.3) is 15.9 Å². The lowest BCUT2D eigenvalue weighted by molar-refractivity contribution is -0.00126. The van der Waals surface area contributed by atoms with E-state index >= 15 is 0 Å². The average Bonchev–Trinajstić information content (AvgIpc) is 2.75. The highest BCUT2D eigenvalue weighted by Crippen LogP contribution is 2.58. The van der Waals surface area contributed by atoms with Crippen LogP contribution in [0.15, 0.2) is 70.2 Å². The van der Waals surface area contributed by atoms with Gasteiger partial charge in [0.05, 0.1) is 21.8 Å². The fraction of sp³-hybridized carbons (Fsp3) is 0.304. The first kappa shape index (κ1) is 21.6. The molecule has 5 rings (SSSR count). The number of amides is 1. The smallest absolute Gasteiger partial charge is 0.271 e. The van der Waals surface area contributed by atoms with E-state index in [4.69, 9.17) is 11.6 Å². The minimum Gasteiger partial charge on any atom is -0.278 e. The number of sulfonamides is 1. The molecule has 31 heavy (non-hydrogen) atoms. The van der Waals surface area contributed by atoms with Crippen LogP contribution in [-0.2, 0) is 10.0 Å². The largest absolute Gasteiger partial charge is 0.278 e. The van der Waals surface area contributed by atoms with Gasteiger partial charge in [-0.3, -0.25) is 9.52 Å². The maximum absolute atomic E-state index is 12.7. The minimum absolute atomic E-state index is 0.0405. The highest BCUT2D eigenvalue weighted by atomic mass is 35.5. The van der Waals surface area contributed by atoms with Gasteiger partial charge in [0.15, 0.2) is 0 Å². The molecule has 162 valence electrons. The Kier molecular flexibility index (Phi) is 5.66. The molecule has 1 amide bonds. The fourth-order valence-corrected chi connectivity index (χ4v) is 5.69. The molecule has 6 nitrogen and oxygen atoms in total. The van der Waals surface area contributed by atoms with E-state index in [-0.39, 0.29) is 26.6 Å². The Balaban J connectivity index is 1.45. The molecule has 1 fully saturated rings. The van der Waals surface area contributed by atoms with Crippen LogP contribution in [0.1, 0.15) is 37.0 Å². The molecule has 2 aromatic rings. The molecule has 1 saturated carbocycles. The van der Waals surface area contributed by atoms with Crippen LogP contribution >= 0.6 is 11.6 Å². The van der Waals surface area contributed by atoms with Gasteiger partial charge in [0.1, 0.15) is 0 Å². The van der Waals surface area contributed by atoms with Crippen molar-refractivity contribution in [2.24, 2.45) is 22.4 Å². The SMILES string of the molecule is CC1(C)[C@H]2CC=C(C=NNC(=O)c3cccc(S(=O)(=O)Nc4ccccc4Cl)c3)[C@H]1C2. The van der Waals surface area contributed by atoms with Gasteiger partial charge in [-0.25, -0.2) is 13.8 Å². The summed E-state index contributed by atoms with van der Waals surface area (Å²) in [4.78, 5) is 12.5. The number of allylic oxidation sites excluding steroid dienone is 2. The Morgan fingerprint density at radius 3 is 2.68 bits per heavy atom. The molecule has 0 aromatic heterocycles. The molecule has 3 aliphatic carbocycles. The summed E-state index contributed by atoms with van der Waals surface area (Å²) < 4.78 is 27.9. The van der Waals surface area contributed by atoms with Crippen molar-refractivity contribution in [3.63, 3.8) is 0 Å². The number of hydrogen-bond donors (Lipinski definition) is 2. The summed E-state index contributed by atoms with van der Waals surface area (Å²) in [5.74, 6) is 0.720. The number of hydrazone groups is 1. The molecule has 0 radical (unpaired) electrons. The van der Waals surface area contributed by atoms with E-state index in [2.05, 4.69) is 35.2 Å². The lowest BCUT2D eigenvalue weighted by atomic mass is 9.49. The zero-order valence-corrected chi connectivity index (χ0v) is 18.9. The normalized spacial score (nSPS) is 21.8. The number of para-hydroxylation sites is 1. The lowest BCUT2D eigenvalue weighted by Crippen LogP contribution is -2.48. The third-order valence-corrected chi connectivity index (χ3v) is 8.11. The van der Waals surface area contributed by atoms with Gasteiger partial charge in [-0.2, -0.15) is 5.10 Å². The first-order chi connectivity index (χ1) is 14.7. The van der Waals surface area contributed by atoms with Crippen LogP contribution in [-0.4, -0.2) is 20.5 Å². The van der Waals surface area contributed by atoms with Crippen molar-refractivity contribution in [1.29, 1.82) is 0 Å². The summed E-state index contributed by atoms with van der Waals surface area (Å²) in [7, 11) is -3.91. The molecular formula is C23H24ClN3O3S. The van der Waals surface area contributed by atoms with E-state index in [0.717, 1.165) is 24.3 Å². The second-order valence-corrected chi connectivity index (χ2v) is 10.6. The third-order valence-electron chi connectivity index (χ3n) is 6.42. The van der Waals surface area contributed by atoms with Crippen LogP contribution in [0.3, 0.4) is 0 Å². The molecule has 0 saturated heterocycles. The van der Waals surface area contributed by atoms with Crippen LogP contribution in [0, 0.1) is 17.3 Å². The van der Waals surface area contributed by atoms with Crippen LogP contribution in [0.25, 0.3) is 0 Å². The van der Waals surface area contributed by atoms with E-state index < -0.39 is 15.9 Å². The number of carbonyl (C=O) groups is 1. The van der Waals surface area contributed by atoms with E-state index in [9.17, 15) is 13.2 Å². The minimum atomic E-state index is -3.91. The van der Waals surface area contributed by atoms with Crippen molar-refractivity contribution in [3.8, 4) is 0 Å². The molecule has 2 aromatic carbocycles. The predicted molar refractivity (Wildman–Crippen MR) is 123 cm³/mol. The maximum Gasteiger partial charge on any atom is 0.271 e. The molecule has 2 N–H and O–H groups in total. The average molecular weight is 458 g/mol. The van der Waals surface area contributed by atoms with Gasteiger partial charge in [0, 0.05) is 5.56 Å². The number of nitrogens with zero attached hydrogens (tertiary/aromatic N) is 1. The number of anilines is 1. The van der Waals surface area contributed by atoms with Crippen molar-refractivity contribution in [2.45, 2.75) is 31.6 Å². The Labute approximate surface area is 187 Å². The van der Waals surface area contributed by atoms with Crippen molar-refractivity contribution in [1.82, 2.24) is 5.43 Å². The number of benzene rings is 2. The van der Waals surface area contributed by atoms with E-state index in [1.807, 2.05) is 0 Å². The first-order valence-corrected chi connectivity index (χ1v) is 12.0. The fourth-order valence-electron chi connectivity index (χ4n) is 4.33. The molecule has 0 heterocycles. The lowest BCUT2D eigenvalue weighted by Gasteiger charge is -2.55. The zero-order chi connectivity index (χ0) is 22.2. The molecule has 8 heteroatoms. The number of halogens is 1. The van der Waals surface area contributed by atoms with Gasteiger partial charge in [-0.1, -0.05) is 49.7 Å². The molecular weight excluding hydrogens is 434 g/mol. The van der Waals surface area contributed by atoms with Crippen LogP contribution in [0.4, 0.5) is 5.69 Å². The second kappa shape index (κ2) is 8.13. The van der Waals surface area contributed by atoms with Crippen LogP contribution < -0.4 is 10.1 Å². The number of nitrogens with one attached hydrogen (secondary N) is 2. The molecule has 2 bridgehead atoms. The molecule has 0 spiro atoms. The summed E-state index contributed by atoms with van der Waals surface area (Å²) in [6.45, 7) is 4.54. The Bertz CT molecular complexity index is 1190. The number of hydrogen-bond acceptors (Lipinski definition) is 4. The molecule has 0 unspecified atom stereocenters. The summed E-state index contributed by atoms with van der Waals surface area (Å²) >= 11 is 6.04. The van der Waals surface area contributed by atoms with Crippen LogP contribution in [0.5, 0.6) is 0 Å². The maximum atomic E-state index is 12.7. The van der Waals surface area contributed by atoms with E-state index in [1.165, 1.54) is 18.2 Å². The number of fused-ring (bicyclic) bond motifs is 1. The van der Waals surface area contributed by atoms with Gasteiger partial charge in [-0.15, -0.1) is 0 Å². The van der Waals surface area contributed by atoms with Gasteiger partial charge in [-0.05, 0) is 66.0 Å². The third kappa shape index (κ3) is 4.25. The van der Waals surface area contributed by atoms with Crippen molar-refractivity contribution >= 4 is 39.4 Å². The Morgan fingerprint density at radius 2 is 1.97 bits per heavy atom. The second-order valence-electron chi connectivity index (χ2n) is 8.56. The number of rotatable bonds is 6. The zero-order valence-electron chi connectivity index (χ0n) is 17.3. The van der Waals surface area contributed by atoms with Crippen molar-refractivity contribution in [3.05, 3.63) is 70.8 Å². The highest BCUT2D eigenvalue weighted by Gasteiger charge is 2.50. The molecule has 0 aliphatic heterocycles. The monoisotopic (exact) mass is 457 g/mol. The Morgan fingerprint density at radius 1 is 1.19 bits per heavy atom. The summed E-state index contributed by atoms with van der Waals surface area (Å²) in [5, 5.41) is 4.39. The highest BCUT2D eigenvalue weighted by molar-refractivity contribution is 7.92. The van der Waals surface area contributed by atoms with E-state index in [0.29, 0.717) is 5.92 Å². The van der Waals surface area contributed by atoms with Gasteiger partial charge in [0.2, 0.25) is 0 Å². The summed E-state index contributed by atoms with van der Waals surface area (Å²) in [6, 6.07) is 12.3. The molecule has 2 atom stereocenters.